The topological polar surface area (TPSA) is 42.4 Å². The van der Waals surface area contributed by atoms with E-state index < -0.39 is 11.7 Å². The second-order valence-electron chi connectivity index (χ2n) is 4.99. The van der Waals surface area contributed by atoms with E-state index in [1.165, 1.54) is 0 Å². The fraction of sp³-hybridized carbons (Fsp3) is 0.400. The highest BCUT2D eigenvalue weighted by Crippen LogP contribution is 2.44. The minimum absolute atomic E-state index is 0.399. The molecule has 0 bridgehead atoms. The van der Waals surface area contributed by atoms with Gasteiger partial charge in [0.1, 0.15) is 6.10 Å². The highest BCUT2D eigenvalue weighted by Gasteiger charge is 2.44. The third-order valence-corrected chi connectivity index (χ3v) is 4.03. The Labute approximate surface area is 106 Å². The molecule has 0 amide bonds. The second-order valence-corrected chi connectivity index (χ2v) is 4.99. The van der Waals surface area contributed by atoms with E-state index in [9.17, 15) is 5.11 Å². The largest absolute Gasteiger partial charge is 0.385 e. The smallest absolute Gasteiger partial charge is 0.109 e. The van der Waals surface area contributed by atoms with Crippen LogP contribution < -0.4 is 0 Å². The zero-order valence-electron chi connectivity index (χ0n) is 10.5. The van der Waals surface area contributed by atoms with E-state index in [2.05, 4.69) is 4.98 Å². The number of fused-ring (bicyclic) bond motifs is 1. The molecule has 0 radical (unpaired) electrons. The summed E-state index contributed by atoms with van der Waals surface area (Å²) in [5.41, 5.74) is 1.40. The van der Waals surface area contributed by atoms with Gasteiger partial charge < -0.3 is 9.84 Å². The van der Waals surface area contributed by atoms with Crippen LogP contribution in [-0.4, -0.2) is 22.8 Å². The summed E-state index contributed by atoms with van der Waals surface area (Å²) >= 11 is 0. The summed E-state index contributed by atoms with van der Waals surface area (Å²) < 4.78 is 5.52. The third kappa shape index (κ3) is 1.71. The molecule has 1 aromatic heterocycles. The number of para-hydroxylation sites is 1. The Morgan fingerprint density at radius 1 is 1.33 bits per heavy atom. The zero-order chi connectivity index (χ0) is 12.6. The molecule has 3 nitrogen and oxygen atoms in total. The lowest BCUT2D eigenvalue weighted by molar-refractivity contribution is -0.151. The molecule has 1 aliphatic carbocycles. The lowest BCUT2D eigenvalue weighted by Gasteiger charge is -2.44. The normalized spacial score (nSPS) is 19.4. The van der Waals surface area contributed by atoms with E-state index >= 15 is 0 Å². The van der Waals surface area contributed by atoms with Crippen LogP contribution in [0.2, 0.25) is 0 Å². The maximum Gasteiger partial charge on any atom is 0.109 e. The van der Waals surface area contributed by atoms with E-state index in [1.54, 1.807) is 13.3 Å². The average Bonchev–Trinajstić information content (AvgIpc) is 2.37. The summed E-state index contributed by atoms with van der Waals surface area (Å²) in [6, 6.07) is 9.94. The molecule has 1 heterocycles. The predicted octanol–water partition coefficient (Wildman–Crippen LogP) is 2.84. The Morgan fingerprint density at radius 2 is 2.11 bits per heavy atom. The summed E-state index contributed by atoms with van der Waals surface area (Å²) in [4.78, 5) is 4.39. The first-order chi connectivity index (χ1) is 8.75. The first-order valence-electron chi connectivity index (χ1n) is 6.33. The maximum absolute atomic E-state index is 10.5. The van der Waals surface area contributed by atoms with Gasteiger partial charge in [0.05, 0.1) is 11.1 Å². The Morgan fingerprint density at radius 3 is 2.78 bits per heavy atom. The van der Waals surface area contributed by atoms with Gasteiger partial charge in [0.15, 0.2) is 0 Å². The lowest BCUT2D eigenvalue weighted by Crippen LogP contribution is -2.45. The molecule has 1 aromatic carbocycles. The minimum Gasteiger partial charge on any atom is -0.385 e. The van der Waals surface area contributed by atoms with Crippen molar-refractivity contribution in [3.05, 3.63) is 42.1 Å². The van der Waals surface area contributed by atoms with Crippen molar-refractivity contribution in [3.8, 4) is 0 Å². The van der Waals surface area contributed by atoms with Gasteiger partial charge in [0, 0.05) is 24.3 Å². The number of aromatic nitrogens is 1. The Hall–Kier alpha value is -1.45. The number of aliphatic hydroxyl groups is 1. The minimum atomic E-state index is -0.589. The molecule has 1 N–H and O–H groups in total. The number of benzene rings is 1. The van der Waals surface area contributed by atoms with Crippen LogP contribution in [0.15, 0.2) is 36.5 Å². The van der Waals surface area contributed by atoms with Crippen LogP contribution in [0.3, 0.4) is 0 Å². The molecule has 0 saturated heterocycles. The number of aliphatic hydroxyl groups excluding tert-OH is 1. The van der Waals surface area contributed by atoms with E-state index in [4.69, 9.17) is 4.74 Å². The number of rotatable bonds is 3. The second kappa shape index (κ2) is 4.34. The number of hydrogen-bond acceptors (Lipinski definition) is 3. The van der Waals surface area contributed by atoms with Crippen LogP contribution in [0, 0.1) is 0 Å². The molecule has 3 heteroatoms. The Kier molecular flexibility index (Phi) is 2.80. The summed E-state index contributed by atoms with van der Waals surface area (Å²) in [7, 11) is 1.68. The predicted molar refractivity (Wildman–Crippen MR) is 70.3 cm³/mol. The van der Waals surface area contributed by atoms with Crippen LogP contribution in [0.4, 0.5) is 0 Å². The van der Waals surface area contributed by atoms with Gasteiger partial charge in [-0.2, -0.15) is 0 Å². The third-order valence-electron chi connectivity index (χ3n) is 4.03. The van der Waals surface area contributed by atoms with E-state index in [0.29, 0.717) is 0 Å². The fourth-order valence-corrected chi connectivity index (χ4v) is 2.66. The van der Waals surface area contributed by atoms with Crippen LogP contribution in [0.1, 0.15) is 30.9 Å². The maximum atomic E-state index is 10.5. The van der Waals surface area contributed by atoms with Crippen molar-refractivity contribution in [2.75, 3.05) is 7.11 Å². The fourth-order valence-electron chi connectivity index (χ4n) is 2.66. The molecule has 1 saturated carbocycles. The quantitative estimate of drug-likeness (QED) is 0.901. The van der Waals surface area contributed by atoms with E-state index in [-0.39, 0.29) is 0 Å². The standard InChI is InChI=1S/C15H17NO2/c1-18-15(7-4-8-15)14(17)12-9-11-5-2-3-6-13(11)16-10-12/h2-3,5-6,9-10,14,17H,4,7-8H2,1H3. The molecule has 1 aliphatic rings. The van der Waals surface area contributed by atoms with Gasteiger partial charge in [-0.3, -0.25) is 4.98 Å². The number of ether oxygens (including phenoxy) is 1. The summed E-state index contributed by atoms with van der Waals surface area (Å²) in [6.45, 7) is 0. The van der Waals surface area contributed by atoms with Crippen molar-refractivity contribution in [2.24, 2.45) is 0 Å². The monoisotopic (exact) mass is 243 g/mol. The van der Waals surface area contributed by atoms with Crippen molar-refractivity contribution < 1.29 is 9.84 Å². The van der Waals surface area contributed by atoms with Crippen molar-refractivity contribution in [1.29, 1.82) is 0 Å². The lowest BCUT2D eigenvalue weighted by atomic mass is 9.74. The van der Waals surface area contributed by atoms with Gasteiger partial charge in [-0.1, -0.05) is 18.2 Å². The van der Waals surface area contributed by atoms with Crippen molar-refractivity contribution >= 4 is 10.9 Å². The first-order valence-corrected chi connectivity index (χ1v) is 6.33. The Bertz CT molecular complexity index is 558. The zero-order valence-corrected chi connectivity index (χ0v) is 10.5. The number of hydrogen-bond donors (Lipinski definition) is 1. The van der Waals surface area contributed by atoms with Crippen LogP contribution in [0.5, 0.6) is 0 Å². The van der Waals surface area contributed by atoms with Crippen LogP contribution in [-0.2, 0) is 4.74 Å². The van der Waals surface area contributed by atoms with E-state index in [1.807, 2.05) is 30.3 Å². The van der Waals surface area contributed by atoms with Crippen molar-refractivity contribution in [2.45, 2.75) is 31.0 Å². The summed E-state index contributed by atoms with van der Waals surface area (Å²) in [6.07, 6.45) is 4.11. The van der Waals surface area contributed by atoms with Gasteiger partial charge in [-0.05, 0) is 31.4 Å². The van der Waals surface area contributed by atoms with Gasteiger partial charge >= 0.3 is 0 Å². The number of pyridine rings is 1. The summed E-state index contributed by atoms with van der Waals surface area (Å²) in [5.74, 6) is 0. The number of nitrogens with zero attached hydrogens (tertiary/aromatic N) is 1. The van der Waals surface area contributed by atoms with Crippen LogP contribution >= 0.6 is 0 Å². The first kappa shape index (κ1) is 11.6. The number of methoxy groups -OCH3 is 1. The summed E-state index contributed by atoms with van der Waals surface area (Å²) in [5, 5.41) is 11.5. The molecule has 94 valence electrons. The molecule has 1 atom stereocenters. The molecule has 1 unspecified atom stereocenters. The van der Waals surface area contributed by atoms with Crippen molar-refractivity contribution in [1.82, 2.24) is 4.98 Å². The van der Waals surface area contributed by atoms with Gasteiger partial charge in [0.2, 0.25) is 0 Å². The molecule has 1 fully saturated rings. The van der Waals surface area contributed by atoms with Gasteiger partial charge in [0.25, 0.3) is 0 Å². The highest BCUT2D eigenvalue weighted by atomic mass is 16.5. The molecule has 0 spiro atoms. The van der Waals surface area contributed by atoms with Crippen LogP contribution in [0.25, 0.3) is 10.9 Å². The molecule has 2 aromatic rings. The average molecular weight is 243 g/mol. The molecule has 3 rings (SSSR count). The Balaban J connectivity index is 1.98. The van der Waals surface area contributed by atoms with Gasteiger partial charge in [-0.25, -0.2) is 0 Å². The molecular formula is C15H17NO2. The van der Waals surface area contributed by atoms with E-state index in [0.717, 1.165) is 35.7 Å². The highest BCUT2D eigenvalue weighted by molar-refractivity contribution is 5.78. The van der Waals surface area contributed by atoms with Crippen molar-refractivity contribution in [3.63, 3.8) is 0 Å². The van der Waals surface area contributed by atoms with Gasteiger partial charge in [-0.15, -0.1) is 0 Å². The molecular weight excluding hydrogens is 226 g/mol. The molecule has 18 heavy (non-hydrogen) atoms. The SMILES string of the molecule is COC1(C(O)c2cnc3ccccc3c2)CCC1. The molecule has 0 aliphatic heterocycles.